The van der Waals surface area contributed by atoms with Crippen LogP contribution in [0.5, 0.6) is 0 Å². The lowest BCUT2D eigenvalue weighted by atomic mass is 10.2. The van der Waals surface area contributed by atoms with Gasteiger partial charge in [0, 0.05) is 11.6 Å². The summed E-state index contributed by atoms with van der Waals surface area (Å²) in [5.41, 5.74) is 2.50. The first-order valence-corrected chi connectivity index (χ1v) is 7.47. The summed E-state index contributed by atoms with van der Waals surface area (Å²) in [4.78, 5) is 22.3. The molecule has 0 aliphatic rings. The Morgan fingerprint density at radius 1 is 1.12 bits per heavy atom. The number of rotatable bonds is 5. The summed E-state index contributed by atoms with van der Waals surface area (Å²) in [7, 11) is 0. The Morgan fingerprint density at radius 2 is 1.85 bits per heavy atom. The molecule has 7 nitrogen and oxygen atoms in total. The fourth-order valence-corrected chi connectivity index (χ4v) is 2.23. The van der Waals surface area contributed by atoms with E-state index in [4.69, 9.17) is 4.42 Å². The lowest BCUT2D eigenvalue weighted by Crippen LogP contribution is -2.18. The SMILES string of the molecule is O=C(N/N=C\c1ccc(-c2ccc(F)cc2)o1)c1ccccc1[N+](=O)[O-]. The average molecular weight is 353 g/mol. The summed E-state index contributed by atoms with van der Waals surface area (Å²) >= 11 is 0. The van der Waals surface area contributed by atoms with Crippen LogP contribution in [0.15, 0.2) is 70.2 Å². The minimum atomic E-state index is -0.709. The maximum atomic E-state index is 12.9. The number of nitro groups is 1. The molecule has 1 heterocycles. The second kappa shape index (κ2) is 7.39. The van der Waals surface area contributed by atoms with Gasteiger partial charge in [-0.2, -0.15) is 5.10 Å². The molecule has 1 aromatic heterocycles. The number of carbonyl (C=O) groups is 1. The van der Waals surface area contributed by atoms with Crippen molar-refractivity contribution in [3.63, 3.8) is 0 Å². The number of hydrogen-bond acceptors (Lipinski definition) is 5. The molecule has 0 radical (unpaired) electrons. The summed E-state index contributed by atoms with van der Waals surface area (Å²) < 4.78 is 18.5. The van der Waals surface area contributed by atoms with Crippen LogP contribution in [0, 0.1) is 15.9 Å². The van der Waals surface area contributed by atoms with Gasteiger partial charge in [-0.3, -0.25) is 14.9 Å². The number of hydrazone groups is 1. The van der Waals surface area contributed by atoms with E-state index in [1.165, 1.54) is 42.6 Å². The molecule has 0 spiro atoms. The minimum Gasteiger partial charge on any atom is -0.455 e. The van der Waals surface area contributed by atoms with Crippen LogP contribution in [0.4, 0.5) is 10.1 Å². The van der Waals surface area contributed by atoms with Gasteiger partial charge in [-0.05, 0) is 42.5 Å². The Kier molecular flexibility index (Phi) is 4.84. The predicted molar refractivity (Wildman–Crippen MR) is 92.3 cm³/mol. The Labute approximate surface area is 146 Å². The zero-order chi connectivity index (χ0) is 18.5. The smallest absolute Gasteiger partial charge is 0.282 e. The van der Waals surface area contributed by atoms with E-state index in [-0.39, 0.29) is 17.1 Å². The molecule has 0 fully saturated rings. The summed E-state index contributed by atoms with van der Waals surface area (Å²) in [5, 5.41) is 14.7. The quantitative estimate of drug-likeness (QED) is 0.429. The molecular formula is C18H12FN3O4. The highest BCUT2D eigenvalue weighted by Gasteiger charge is 2.18. The highest BCUT2D eigenvalue weighted by Crippen LogP contribution is 2.21. The normalized spacial score (nSPS) is 10.8. The van der Waals surface area contributed by atoms with E-state index in [1.807, 2.05) is 0 Å². The van der Waals surface area contributed by atoms with E-state index in [1.54, 1.807) is 24.3 Å². The van der Waals surface area contributed by atoms with E-state index in [0.717, 1.165) is 0 Å². The molecule has 0 aliphatic carbocycles. The van der Waals surface area contributed by atoms with Crippen LogP contribution in [-0.4, -0.2) is 17.0 Å². The molecular weight excluding hydrogens is 341 g/mol. The molecule has 0 saturated heterocycles. The Morgan fingerprint density at radius 3 is 2.58 bits per heavy atom. The van der Waals surface area contributed by atoms with Crippen LogP contribution in [0.25, 0.3) is 11.3 Å². The third kappa shape index (κ3) is 3.81. The highest BCUT2D eigenvalue weighted by atomic mass is 19.1. The number of halogens is 1. The van der Waals surface area contributed by atoms with Crippen LogP contribution >= 0.6 is 0 Å². The maximum absolute atomic E-state index is 12.9. The minimum absolute atomic E-state index is 0.0962. The van der Waals surface area contributed by atoms with Crippen molar-refractivity contribution in [3.05, 3.63) is 87.9 Å². The standard InChI is InChI=1S/C18H12FN3O4/c19-13-7-5-12(6-8-13)17-10-9-14(26-17)11-20-21-18(23)15-3-1-2-4-16(15)22(24)25/h1-11H,(H,21,23)/b20-11-. The number of nitrogens with zero attached hydrogens (tertiary/aromatic N) is 2. The van der Waals surface area contributed by atoms with Gasteiger partial charge in [0.25, 0.3) is 11.6 Å². The lowest BCUT2D eigenvalue weighted by Gasteiger charge is -2.00. The van der Waals surface area contributed by atoms with Crippen molar-refractivity contribution < 1.29 is 18.5 Å². The number of nitrogens with one attached hydrogen (secondary N) is 1. The summed E-state index contributed by atoms with van der Waals surface area (Å²) in [6.45, 7) is 0. The van der Waals surface area contributed by atoms with Crippen molar-refractivity contribution in [1.29, 1.82) is 0 Å². The molecule has 0 atom stereocenters. The number of hydrogen-bond donors (Lipinski definition) is 1. The molecule has 26 heavy (non-hydrogen) atoms. The van der Waals surface area contributed by atoms with Crippen molar-refractivity contribution in [2.24, 2.45) is 5.10 Å². The van der Waals surface area contributed by atoms with Crippen LogP contribution in [-0.2, 0) is 0 Å². The molecule has 1 N–H and O–H groups in total. The van der Waals surface area contributed by atoms with Crippen LogP contribution < -0.4 is 5.43 Å². The summed E-state index contributed by atoms with van der Waals surface area (Å²) in [6, 6.07) is 14.7. The molecule has 0 saturated carbocycles. The van der Waals surface area contributed by atoms with Gasteiger partial charge in [-0.15, -0.1) is 0 Å². The van der Waals surface area contributed by atoms with E-state index < -0.39 is 10.8 Å². The molecule has 3 aromatic rings. The van der Waals surface area contributed by atoms with E-state index in [0.29, 0.717) is 17.1 Å². The fourth-order valence-electron chi connectivity index (χ4n) is 2.23. The second-order valence-electron chi connectivity index (χ2n) is 5.18. The number of nitro benzene ring substituents is 1. The lowest BCUT2D eigenvalue weighted by molar-refractivity contribution is -0.385. The number of furan rings is 1. The first kappa shape index (κ1) is 17.0. The van der Waals surface area contributed by atoms with Crippen LogP contribution in [0.1, 0.15) is 16.1 Å². The monoisotopic (exact) mass is 353 g/mol. The molecule has 2 aromatic carbocycles. The molecule has 1 amide bonds. The number of carbonyl (C=O) groups excluding carboxylic acids is 1. The van der Waals surface area contributed by atoms with E-state index in [2.05, 4.69) is 10.5 Å². The predicted octanol–water partition coefficient (Wildman–Crippen LogP) is 3.76. The maximum Gasteiger partial charge on any atom is 0.282 e. The number of benzene rings is 2. The third-order valence-corrected chi connectivity index (χ3v) is 3.46. The van der Waals surface area contributed by atoms with Gasteiger partial charge in [0.1, 0.15) is 22.9 Å². The average Bonchev–Trinajstić information content (AvgIpc) is 3.11. The van der Waals surface area contributed by atoms with Crippen molar-refractivity contribution in [2.45, 2.75) is 0 Å². The molecule has 3 rings (SSSR count). The van der Waals surface area contributed by atoms with Crippen molar-refractivity contribution in [1.82, 2.24) is 5.43 Å². The Balaban J connectivity index is 1.69. The second-order valence-corrected chi connectivity index (χ2v) is 5.18. The fraction of sp³-hybridized carbons (Fsp3) is 0. The van der Waals surface area contributed by atoms with Gasteiger partial charge in [0.05, 0.1) is 11.1 Å². The Hall–Kier alpha value is -3.81. The molecule has 0 unspecified atom stereocenters. The van der Waals surface area contributed by atoms with Gasteiger partial charge >= 0.3 is 0 Å². The van der Waals surface area contributed by atoms with Gasteiger partial charge in [0.15, 0.2) is 0 Å². The van der Waals surface area contributed by atoms with Crippen LogP contribution in [0.3, 0.4) is 0 Å². The zero-order valence-electron chi connectivity index (χ0n) is 13.3. The summed E-state index contributed by atoms with van der Waals surface area (Å²) in [6.07, 6.45) is 1.26. The first-order valence-electron chi connectivity index (χ1n) is 7.47. The number of amides is 1. The molecule has 130 valence electrons. The molecule has 0 aliphatic heterocycles. The topological polar surface area (TPSA) is 97.7 Å². The molecule has 8 heteroatoms. The van der Waals surface area contributed by atoms with E-state index >= 15 is 0 Å². The van der Waals surface area contributed by atoms with Crippen molar-refractivity contribution in [2.75, 3.05) is 0 Å². The number of para-hydroxylation sites is 1. The third-order valence-electron chi connectivity index (χ3n) is 3.46. The van der Waals surface area contributed by atoms with Crippen LogP contribution in [0.2, 0.25) is 0 Å². The van der Waals surface area contributed by atoms with E-state index in [9.17, 15) is 19.3 Å². The van der Waals surface area contributed by atoms with Gasteiger partial charge in [0.2, 0.25) is 0 Å². The van der Waals surface area contributed by atoms with Gasteiger partial charge in [-0.1, -0.05) is 12.1 Å². The van der Waals surface area contributed by atoms with Crippen molar-refractivity contribution >= 4 is 17.8 Å². The zero-order valence-corrected chi connectivity index (χ0v) is 13.3. The highest BCUT2D eigenvalue weighted by molar-refractivity contribution is 5.98. The molecule has 0 bridgehead atoms. The van der Waals surface area contributed by atoms with Crippen molar-refractivity contribution in [3.8, 4) is 11.3 Å². The Bertz CT molecular complexity index is 980. The van der Waals surface area contributed by atoms with Gasteiger partial charge in [-0.25, -0.2) is 9.82 Å². The summed E-state index contributed by atoms with van der Waals surface area (Å²) in [5.74, 6) is -0.192. The largest absolute Gasteiger partial charge is 0.455 e. The first-order chi connectivity index (χ1) is 12.5. The van der Waals surface area contributed by atoms with Gasteiger partial charge < -0.3 is 4.42 Å².